The van der Waals surface area contributed by atoms with Gasteiger partial charge in [-0.15, -0.1) is 0 Å². The van der Waals surface area contributed by atoms with Crippen molar-refractivity contribution >= 4 is 21.6 Å². The number of amides is 1. The Morgan fingerprint density at radius 1 is 1.00 bits per heavy atom. The fraction of sp³-hybridized carbons (Fsp3) is 0.188. The lowest BCUT2D eigenvalue weighted by Gasteiger charge is -2.23. The molecule has 0 bridgehead atoms. The molecule has 0 radical (unpaired) electrons. The maximum atomic E-state index is 12.9. The van der Waals surface area contributed by atoms with Crippen molar-refractivity contribution in [3.05, 3.63) is 48.5 Å². The van der Waals surface area contributed by atoms with E-state index in [0.29, 0.717) is 11.5 Å². The zero-order valence-electron chi connectivity index (χ0n) is 13.7. The van der Waals surface area contributed by atoms with E-state index in [1.807, 2.05) is 0 Å². The third kappa shape index (κ3) is 4.20. The van der Waals surface area contributed by atoms with Crippen LogP contribution in [0.5, 0.6) is 11.5 Å². The summed E-state index contributed by atoms with van der Waals surface area (Å²) in [5, 5.41) is 8.76. The minimum absolute atomic E-state index is 0.0187. The van der Waals surface area contributed by atoms with Crippen molar-refractivity contribution in [1.29, 1.82) is 0 Å². The first-order valence-electron chi connectivity index (χ1n) is 7.16. The molecule has 2 aromatic rings. The van der Waals surface area contributed by atoms with Crippen LogP contribution in [0.4, 0.5) is 5.69 Å². The second-order valence-electron chi connectivity index (χ2n) is 4.92. The summed E-state index contributed by atoms with van der Waals surface area (Å²) in [6.07, 6.45) is 0. The van der Waals surface area contributed by atoms with Gasteiger partial charge in [-0.05, 0) is 48.5 Å². The van der Waals surface area contributed by atoms with Crippen LogP contribution in [0.2, 0.25) is 0 Å². The van der Waals surface area contributed by atoms with Crippen molar-refractivity contribution < 1.29 is 27.9 Å². The number of methoxy groups -OCH3 is 2. The first-order chi connectivity index (χ1) is 11.9. The largest absolute Gasteiger partial charge is 0.497 e. The normalized spacial score (nSPS) is 10.8. The van der Waals surface area contributed by atoms with E-state index in [4.69, 9.17) is 14.7 Å². The van der Waals surface area contributed by atoms with Crippen molar-refractivity contribution in [3.8, 4) is 11.5 Å². The van der Waals surface area contributed by atoms with Gasteiger partial charge in [0.2, 0.25) is 0 Å². The van der Waals surface area contributed by atoms with Crippen LogP contribution in [0.15, 0.2) is 53.4 Å². The molecule has 2 aromatic carbocycles. The van der Waals surface area contributed by atoms with E-state index in [-0.39, 0.29) is 10.6 Å². The number of hydrogen-bond donors (Lipinski definition) is 2. The maximum absolute atomic E-state index is 12.9. The number of benzene rings is 2. The highest BCUT2D eigenvalue weighted by Gasteiger charge is 2.27. The van der Waals surface area contributed by atoms with Crippen LogP contribution in [-0.4, -0.2) is 40.3 Å². The minimum atomic E-state index is -4.04. The lowest BCUT2D eigenvalue weighted by atomic mass is 10.3. The van der Waals surface area contributed by atoms with Gasteiger partial charge >= 0.3 is 0 Å². The monoisotopic (exact) mass is 366 g/mol. The van der Waals surface area contributed by atoms with Crippen molar-refractivity contribution in [2.24, 2.45) is 0 Å². The number of nitrogens with zero attached hydrogens (tertiary/aromatic N) is 1. The quantitative estimate of drug-likeness (QED) is 0.567. The van der Waals surface area contributed by atoms with Gasteiger partial charge in [0.1, 0.15) is 18.0 Å². The number of carbonyl (C=O) groups is 1. The number of rotatable bonds is 7. The van der Waals surface area contributed by atoms with E-state index in [1.165, 1.54) is 56.1 Å². The second-order valence-corrected chi connectivity index (χ2v) is 6.78. The van der Waals surface area contributed by atoms with Gasteiger partial charge in [-0.25, -0.2) is 13.9 Å². The zero-order chi connectivity index (χ0) is 18.4. The summed E-state index contributed by atoms with van der Waals surface area (Å²) in [6.45, 7) is -0.586. The molecule has 0 aliphatic carbocycles. The van der Waals surface area contributed by atoms with Gasteiger partial charge in [-0.2, -0.15) is 0 Å². The van der Waals surface area contributed by atoms with Crippen molar-refractivity contribution in [2.45, 2.75) is 4.90 Å². The Kier molecular flexibility index (Phi) is 5.84. The van der Waals surface area contributed by atoms with Crippen LogP contribution in [-0.2, 0) is 14.8 Å². The third-order valence-corrected chi connectivity index (χ3v) is 5.21. The summed E-state index contributed by atoms with van der Waals surface area (Å²) in [6, 6.07) is 11.9. The standard InChI is InChI=1S/C16H18N2O6S/c1-23-13-5-3-12(4-6-13)18(11-16(19)17-20)25(21,22)15-9-7-14(24-2)8-10-15/h3-10,20H,11H2,1-2H3,(H,17,19). The van der Waals surface area contributed by atoms with Crippen LogP contribution in [0.25, 0.3) is 0 Å². The molecule has 25 heavy (non-hydrogen) atoms. The summed E-state index contributed by atoms with van der Waals surface area (Å²) in [4.78, 5) is 11.6. The SMILES string of the molecule is COc1ccc(N(CC(=O)NO)S(=O)(=O)c2ccc(OC)cc2)cc1. The Balaban J connectivity index is 2.46. The van der Waals surface area contributed by atoms with E-state index in [9.17, 15) is 13.2 Å². The number of hydroxylamine groups is 1. The molecule has 0 aliphatic rings. The van der Waals surface area contributed by atoms with E-state index in [0.717, 1.165) is 4.31 Å². The zero-order valence-corrected chi connectivity index (χ0v) is 14.5. The first-order valence-corrected chi connectivity index (χ1v) is 8.60. The Labute approximate surface area is 145 Å². The summed E-state index contributed by atoms with van der Waals surface area (Å²) < 4.78 is 36.8. The van der Waals surface area contributed by atoms with Crippen LogP contribution in [0.3, 0.4) is 0 Å². The molecule has 0 spiro atoms. The topological polar surface area (TPSA) is 105 Å². The van der Waals surface area contributed by atoms with Gasteiger partial charge in [0.15, 0.2) is 0 Å². The molecule has 0 unspecified atom stereocenters. The number of nitrogens with one attached hydrogen (secondary N) is 1. The number of carbonyl (C=O) groups excluding carboxylic acids is 1. The summed E-state index contributed by atoms with van der Waals surface area (Å²) >= 11 is 0. The Morgan fingerprint density at radius 2 is 1.48 bits per heavy atom. The van der Waals surface area contributed by atoms with Gasteiger partial charge in [0, 0.05) is 0 Å². The molecular weight excluding hydrogens is 348 g/mol. The number of sulfonamides is 1. The van der Waals surface area contributed by atoms with Crippen molar-refractivity contribution in [2.75, 3.05) is 25.1 Å². The minimum Gasteiger partial charge on any atom is -0.497 e. The Bertz CT molecular complexity index is 819. The molecule has 0 aromatic heterocycles. The molecule has 0 atom stereocenters. The van der Waals surface area contributed by atoms with Crippen LogP contribution < -0.4 is 19.3 Å². The molecule has 2 rings (SSSR count). The second kappa shape index (κ2) is 7.86. The molecular formula is C16H18N2O6S. The van der Waals surface area contributed by atoms with Crippen molar-refractivity contribution in [3.63, 3.8) is 0 Å². The molecule has 0 aliphatic heterocycles. The molecule has 0 saturated heterocycles. The number of anilines is 1. The number of hydrogen-bond acceptors (Lipinski definition) is 6. The fourth-order valence-electron chi connectivity index (χ4n) is 2.10. The average Bonchev–Trinajstić information content (AvgIpc) is 2.65. The lowest BCUT2D eigenvalue weighted by Crippen LogP contribution is -2.39. The molecule has 8 nitrogen and oxygen atoms in total. The highest BCUT2D eigenvalue weighted by atomic mass is 32.2. The van der Waals surface area contributed by atoms with Gasteiger partial charge in [-0.1, -0.05) is 0 Å². The van der Waals surface area contributed by atoms with E-state index in [2.05, 4.69) is 0 Å². The first kappa shape index (κ1) is 18.6. The molecule has 9 heteroatoms. The van der Waals surface area contributed by atoms with Crippen molar-refractivity contribution in [1.82, 2.24) is 5.48 Å². The highest BCUT2D eigenvalue weighted by molar-refractivity contribution is 7.92. The Morgan fingerprint density at radius 3 is 1.92 bits per heavy atom. The summed E-state index contributed by atoms with van der Waals surface area (Å²) in [7, 11) is -1.08. The molecule has 0 heterocycles. The van der Waals surface area contributed by atoms with Gasteiger partial charge in [0.25, 0.3) is 15.9 Å². The molecule has 2 N–H and O–H groups in total. The number of ether oxygens (including phenoxy) is 2. The molecule has 1 amide bonds. The van der Waals surface area contributed by atoms with Crippen LogP contribution >= 0.6 is 0 Å². The van der Waals surface area contributed by atoms with Gasteiger partial charge in [-0.3, -0.25) is 14.3 Å². The average molecular weight is 366 g/mol. The van der Waals surface area contributed by atoms with E-state index in [1.54, 1.807) is 12.1 Å². The smallest absolute Gasteiger partial charge is 0.264 e. The summed E-state index contributed by atoms with van der Waals surface area (Å²) in [5.74, 6) is 0.174. The van der Waals surface area contributed by atoms with Crippen LogP contribution in [0.1, 0.15) is 0 Å². The predicted octanol–water partition coefficient (Wildman–Crippen LogP) is 1.40. The highest BCUT2D eigenvalue weighted by Crippen LogP contribution is 2.26. The molecule has 0 saturated carbocycles. The molecule has 134 valence electrons. The van der Waals surface area contributed by atoms with Gasteiger partial charge < -0.3 is 9.47 Å². The summed E-state index contributed by atoms with van der Waals surface area (Å²) in [5.41, 5.74) is 1.69. The van der Waals surface area contributed by atoms with E-state index >= 15 is 0 Å². The Hall–Kier alpha value is -2.78. The maximum Gasteiger partial charge on any atom is 0.264 e. The van der Waals surface area contributed by atoms with Gasteiger partial charge in [0.05, 0.1) is 24.8 Å². The predicted molar refractivity (Wildman–Crippen MR) is 90.4 cm³/mol. The molecule has 0 fully saturated rings. The van der Waals surface area contributed by atoms with Crippen LogP contribution in [0, 0.1) is 0 Å². The third-order valence-electron chi connectivity index (χ3n) is 3.42. The fourth-order valence-corrected chi connectivity index (χ4v) is 3.53. The lowest BCUT2D eigenvalue weighted by molar-refractivity contribution is -0.127. The van der Waals surface area contributed by atoms with E-state index < -0.39 is 22.5 Å².